The van der Waals surface area contributed by atoms with Gasteiger partial charge >= 0.3 is 0 Å². The van der Waals surface area contributed by atoms with Crippen LogP contribution >= 0.6 is 23.4 Å². The molecule has 0 aromatic heterocycles. The van der Waals surface area contributed by atoms with Crippen LogP contribution in [0.1, 0.15) is 22.3 Å². The molecule has 0 radical (unpaired) electrons. The maximum Gasteiger partial charge on any atom is 0.293 e. The third kappa shape index (κ3) is 6.22. The Bertz CT molecular complexity index is 1310. The van der Waals surface area contributed by atoms with Crippen LogP contribution in [0.4, 0.5) is 4.79 Å². The summed E-state index contributed by atoms with van der Waals surface area (Å²) < 4.78 is 17.2. The molecular weight excluding hydrogens is 498 g/mol. The molecule has 6 nitrogen and oxygen atoms in total. The predicted molar refractivity (Wildman–Crippen MR) is 143 cm³/mol. The highest BCUT2D eigenvalue weighted by Gasteiger charge is 2.34. The van der Waals surface area contributed by atoms with Gasteiger partial charge in [0.25, 0.3) is 11.1 Å². The number of halogens is 1. The van der Waals surface area contributed by atoms with Crippen molar-refractivity contribution in [3.8, 4) is 17.2 Å². The summed E-state index contributed by atoms with van der Waals surface area (Å²) in [7, 11) is 1.57. The molecule has 3 aromatic rings. The van der Waals surface area contributed by atoms with Gasteiger partial charge in [-0.25, -0.2) is 0 Å². The first kappa shape index (κ1) is 25.7. The maximum atomic E-state index is 12.9. The van der Waals surface area contributed by atoms with Gasteiger partial charge in [0, 0.05) is 5.02 Å². The van der Waals surface area contributed by atoms with Gasteiger partial charge in [0.2, 0.25) is 0 Å². The summed E-state index contributed by atoms with van der Waals surface area (Å²) in [5, 5.41) is 0.340. The second-order valence-electron chi connectivity index (χ2n) is 8.28. The molecule has 0 spiro atoms. The lowest BCUT2D eigenvalue weighted by molar-refractivity contribution is -0.123. The Balaban J connectivity index is 1.42. The second-order valence-corrected chi connectivity index (χ2v) is 9.71. The monoisotopic (exact) mass is 523 g/mol. The topological polar surface area (TPSA) is 65.1 Å². The molecule has 0 unspecified atom stereocenters. The standard InChI is InChI=1S/C28H26ClNO5S/c1-18-4-5-19(2)24(14-18)34-13-12-30-27(31)26(36-28(30)32)16-21-8-11-23(33-3)25(15-21)35-17-20-6-9-22(29)10-7-20/h4-11,14-16H,12-13,17H2,1-3H3/b26-16-. The minimum Gasteiger partial charge on any atom is -0.493 e. The molecule has 8 heteroatoms. The molecule has 0 aliphatic carbocycles. The summed E-state index contributed by atoms with van der Waals surface area (Å²) in [5.74, 6) is 1.51. The zero-order chi connectivity index (χ0) is 25.7. The highest BCUT2D eigenvalue weighted by molar-refractivity contribution is 8.18. The molecule has 0 saturated carbocycles. The van der Waals surface area contributed by atoms with Crippen LogP contribution in [0.5, 0.6) is 17.2 Å². The zero-order valence-electron chi connectivity index (χ0n) is 20.2. The number of hydrogen-bond donors (Lipinski definition) is 0. The first-order valence-corrected chi connectivity index (χ1v) is 12.5. The van der Waals surface area contributed by atoms with Crippen LogP contribution in [-0.2, 0) is 11.4 Å². The van der Waals surface area contributed by atoms with Gasteiger partial charge in [-0.05, 0) is 84.3 Å². The third-order valence-electron chi connectivity index (χ3n) is 5.58. The van der Waals surface area contributed by atoms with Crippen LogP contribution in [-0.4, -0.2) is 36.3 Å². The van der Waals surface area contributed by atoms with Crippen molar-refractivity contribution in [2.45, 2.75) is 20.5 Å². The smallest absolute Gasteiger partial charge is 0.293 e. The van der Waals surface area contributed by atoms with E-state index in [1.807, 2.05) is 50.2 Å². The average molecular weight is 524 g/mol. The molecule has 1 saturated heterocycles. The lowest BCUT2D eigenvalue weighted by atomic mass is 10.1. The van der Waals surface area contributed by atoms with Crippen LogP contribution < -0.4 is 14.2 Å². The molecular formula is C28H26ClNO5S. The van der Waals surface area contributed by atoms with Crippen LogP contribution in [0.3, 0.4) is 0 Å². The van der Waals surface area contributed by atoms with E-state index in [1.165, 1.54) is 4.90 Å². The van der Waals surface area contributed by atoms with Gasteiger partial charge in [0.15, 0.2) is 11.5 Å². The quantitative estimate of drug-likeness (QED) is 0.292. The molecule has 1 fully saturated rings. The van der Waals surface area contributed by atoms with Crippen LogP contribution in [0, 0.1) is 13.8 Å². The van der Waals surface area contributed by atoms with Crippen LogP contribution in [0.15, 0.2) is 65.6 Å². The number of thioether (sulfide) groups is 1. The van der Waals surface area contributed by atoms with Crippen LogP contribution in [0.2, 0.25) is 5.02 Å². The zero-order valence-corrected chi connectivity index (χ0v) is 21.8. The number of amides is 2. The Hall–Kier alpha value is -3.42. The van der Waals surface area contributed by atoms with Gasteiger partial charge in [-0.2, -0.15) is 0 Å². The molecule has 1 aliphatic heterocycles. The molecule has 4 rings (SSSR count). The van der Waals surface area contributed by atoms with Crippen LogP contribution in [0.25, 0.3) is 6.08 Å². The number of hydrogen-bond acceptors (Lipinski definition) is 6. The number of ether oxygens (including phenoxy) is 3. The van der Waals surface area contributed by atoms with Crippen molar-refractivity contribution < 1.29 is 23.8 Å². The van der Waals surface area contributed by atoms with Crippen molar-refractivity contribution in [2.75, 3.05) is 20.3 Å². The molecule has 1 aliphatic rings. The predicted octanol–water partition coefficient (Wildman–Crippen LogP) is 6.66. The van der Waals surface area contributed by atoms with E-state index in [9.17, 15) is 9.59 Å². The van der Waals surface area contributed by atoms with E-state index in [4.69, 9.17) is 25.8 Å². The molecule has 3 aromatic carbocycles. The number of carbonyl (C=O) groups excluding carboxylic acids is 2. The first-order chi connectivity index (χ1) is 17.3. The van der Waals surface area contributed by atoms with Crippen molar-refractivity contribution in [1.29, 1.82) is 0 Å². The Morgan fingerprint density at radius 2 is 1.69 bits per heavy atom. The number of benzene rings is 3. The van der Waals surface area contributed by atoms with Crippen molar-refractivity contribution in [3.63, 3.8) is 0 Å². The normalized spacial score (nSPS) is 14.4. The van der Waals surface area contributed by atoms with Gasteiger partial charge < -0.3 is 14.2 Å². The highest BCUT2D eigenvalue weighted by Crippen LogP contribution is 2.35. The van der Waals surface area contributed by atoms with Crippen molar-refractivity contribution in [1.82, 2.24) is 4.90 Å². The lowest BCUT2D eigenvalue weighted by Gasteiger charge is -2.14. The SMILES string of the molecule is COc1ccc(/C=C2\SC(=O)N(CCOc3cc(C)ccc3C)C2=O)cc1OCc1ccc(Cl)cc1. The Morgan fingerprint density at radius 1 is 0.917 bits per heavy atom. The number of imide groups is 1. The number of carbonyl (C=O) groups is 2. The molecule has 0 N–H and O–H groups in total. The van der Waals surface area contributed by atoms with Gasteiger partial charge in [0.05, 0.1) is 18.6 Å². The largest absolute Gasteiger partial charge is 0.493 e. The van der Waals surface area contributed by atoms with E-state index in [-0.39, 0.29) is 24.3 Å². The Labute approximate surface area is 219 Å². The van der Waals surface area contributed by atoms with E-state index in [2.05, 4.69) is 0 Å². The summed E-state index contributed by atoms with van der Waals surface area (Å²) in [6.07, 6.45) is 1.69. The fourth-order valence-corrected chi connectivity index (χ4v) is 4.58. The van der Waals surface area contributed by atoms with Gasteiger partial charge in [-0.3, -0.25) is 14.5 Å². The highest BCUT2D eigenvalue weighted by atomic mass is 35.5. The van der Waals surface area contributed by atoms with E-state index in [0.717, 1.165) is 39.8 Å². The average Bonchev–Trinajstić information content (AvgIpc) is 3.13. The molecule has 2 amide bonds. The van der Waals surface area contributed by atoms with E-state index >= 15 is 0 Å². The number of rotatable bonds is 9. The Morgan fingerprint density at radius 3 is 2.44 bits per heavy atom. The van der Waals surface area contributed by atoms with Gasteiger partial charge in [-0.15, -0.1) is 0 Å². The van der Waals surface area contributed by atoms with Gasteiger partial charge in [-0.1, -0.05) is 41.9 Å². The van der Waals surface area contributed by atoms with Crippen molar-refractivity contribution >= 4 is 40.6 Å². The van der Waals surface area contributed by atoms with E-state index in [1.54, 1.807) is 37.5 Å². The summed E-state index contributed by atoms with van der Waals surface area (Å²) in [6, 6.07) is 18.7. The molecule has 36 heavy (non-hydrogen) atoms. The fraction of sp³-hybridized carbons (Fsp3) is 0.214. The van der Waals surface area contributed by atoms with Crippen molar-refractivity contribution in [2.24, 2.45) is 0 Å². The first-order valence-electron chi connectivity index (χ1n) is 11.3. The minimum atomic E-state index is -0.339. The number of aryl methyl sites for hydroxylation is 2. The molecule has 0 bridgehead atoms. The minimum absolute atomic E-state index is 0.174. The maximum absolute atomic E-state index is 12.9. The third-order valence-corrected chi connectivity index (χ3v) is 6.74. The summed E-state index contributed by atoms with van der Waals surface area (Å²) in [4.78, 5) is 27.0. The molecule has 186 valence electrons. The summed E-state index contributed by atoms with van der Waals surface area (Å²) >= 11 is 6.86. The Kier molecular flexibility index (Phi) is 8.23. The van der Waals surface area contributed by atoms with E-state index in [0.29, 0.717) is 28.0 Å². The second kappa shape index (κ2) is 11.5. The summed E-state index contributed by atoms with van der Waals surface area (Å²) in [6.45, 7) is 4.67. The number of methoxy groups -OCH3 is 1. The number of nitrogens with zero attached hydrogens (tertiary/aromatic N) is 1. The molecule has 0 atom stereocenters. The van der Waals surface area contributed by atoms with E-state index < -0.39 is 0 Å². The van der Waals surface area contributed by atoms with Gasteiger partial charge in [0.1, 0.15) is 19.0 Å². The fourth-order valence-electron chi connectivity index (χ4n) is 3.59. The van der Waals surface area contributed by atoms with Crippen molar-refractivity contribution in [3.05, 3.63) is 92.8 Å². The summed E-state index contributed by atoms with van der Waals surface area (Å²) in [5.41, 5.74) is 3.76. The lowest BCUT2D eigenvalue weighted by Crippen LogP contribution is -2.32. The molecule has 1 heterocycles.